The molecule has 0 radical (unpaired) electrons. The molecule has 0 saturated heterocycles. The Hall–Kier alpha value is -0.650. The molecule has 0 amide bonds. The van der Waals surface area contributed by atoms with Crippen molar-refractivity contribution in [2.45, 2.75) is 6.92 Å². The van der Waals surface area contributed by atoms with Crippen LogP contribution in [0.4, 0.5) is 0 Å². The van der Waals surface area contributed by atoms with Crippen LogP contribution in [0.5, 0.6) is 0 Å². The van der Waals surface area contributed by atoms with Crippen molar-refractivity contribution < 1.29 is 9.90 Å². The number of aromatic nitrogens is 1. The second-order valence-electron chi connectivity index (χ2n) is 2.06. The van der Waals surface area contributed by atoms with Crippen LogP contribution in [0.25, 0.3) is 0 Å². The summed E-state index contributed by atoms with van der Waals surface area (Å²) in [7, 11) is 0. The summed E-state index contributed by atoms with van der Waals surface area (Å²) in [4.78, 5) is 14.5. The molecule has 0 fully saturated rings. The number of rotatable bonds is 1. The van der Waals surface area contributed by atoms with E-state index in [0.717, 1.165) is 3.57 Å². The van der Waals surface area contributed by atoms with E-state index in [1.165, 1.54) is 0 Å². The number of halogens is 1. The second-order valence-corrected chi connectivity index (χ2v) is 3.22. The van der Waals surface area contributed by atoms with Crippen molar-refractivity contribution in [3.05, 3.63) is 27.1 Å². The van der Waals surface area contributed by atoms with Gasteiger partial charge in [-0.25, -0.2) is 4.79 Å². The third-order valence-corrected chi connectivity index (χ3v) is 2.20. The van der Waals surface area contributed by atoms with Gasteiger partial charge in [-0.3, -0.25) is 4.98 Å². The summed E-state index contributed by atoms with van der Waals surface area (Å²) in [5, 5.41) is 8.70. The molecule has 0 saturated carbocycles. The summed E-state index contributed by atoms with van der Waals surface area (Å²) < 4.78 is 0.725. The number of carboxylic acids is 1. The fraction of sp³-hybridized carbons (Fsp3) is 0.143. The van der Waals surface area contributed by atoms with Gasteiger partial charge in [-0.15, -0.1) is 0 Å². The summed E-state index contributed by atoms with van der Waals surface area (Å²) >= 11 is 1.98. The molecular weight excluding hydrogens is 257 g/mol. The molecular formula is C7H6INO2. The highest BCUT2D eigenvalue weighted by molar-refractivity contribution is 14.1. The Morgan fingerprint density at radius 1 is 1.73 bits per heavy atom. The van der Waals surface area contributed by atoms with Gasteiger partial charge in [0.25, 0.3) is 0 Å². The molecule has 0 aromatic carbocycles. The van der Waals surface area contributed by atoms with Gasteiger partial charge >= 0.3 is 5.97 Å². The van der Waals surface area contributed by atoms with E-state index in [-0.39, 0.29) is 0 Å². The summed E-state index contributed by atoms with van der Waals surface area (Å²) in [5.74, 6) is -0.917. The molecule has 3 nitrogen and oxygen atoms in total. The van der Waals surface area contributed by atoms with Crippen molar-refractivity contribution >= 4 is 28.6 Å². The Bertz CT molecular complexity index is 278. The Balaban J connectivity index is 3.32. The fourth-order valence-corrected chi connectivity index (χ4v) is 1.57. The number of hydrogen-bond acceptors (Lipinski definition) is 2. The largest absolute Gasteiger partial charge is 0.478 e. The highest BCUT2D eigenvalue weighted by Gasteiger charge is 2.10. The normalized spacial score (nSPS) is 9.64. The number of aromatic carboxylic acids is 1. The Morgan fingerprint density at radius 3 is 2.73 bits per heavy atom. The lowest BCUT2D eigenvalue weighted by atomic mass is 10.2. The number of carbonyl (C=O) groups is 1. The van der Waals surface area contributed by atoms with Crippen molar-refractivity contribution in [2.75, 3.05) is 0 Å². The molecule has 58 valence electrons. The lowest BCUT2D eigenvalue weighted by molar-refractivity contribution is 0.0694. The highest BCUT2D eigenvalue weighted by atomic mass is 127. The molecule has 11 heavy (non-hydrogen) atoms. The smallest absolute Gasteiger partial charge is 0.338 e. The predicted molar refractivity (Wildman–Crippen MR) is 48.7 cm³/mol. The van der Waals surface area contributed by atoms with Gasteiger partial charge in [0.15, 0.2) is 0 Å². The zero-order chi connectivity index (χ0) is 8.43. The van der Waals surface area contributed by atoms with Crippen molar-refractivity contribution in [1.29, 1.82) is 0 Å². The van der Waals surface area contributed by atoms with Crippen molar-refractivity contribution in [2.24, 2.45) is 0 Å². The predicted octanol–water partition coefficient (Wildman–Crippen LogP) is 1.69. The van der Waals surface area contributed by atoms with Crippen molar-refractivity contribution in [1.82, 2.24) is 4.98 Å². The maximum Gasteiger partial charge on any atom is 0.338 e. The molecule has 1 heterocycles. The number of aryl methyl sites for hydroxylation is 1. The molecule has 0 bridgehead atoms. The third-order valence-electron chi connectivity index (χ3n) is 1.30. The molecule has 0 spiro atoms. The van der Waals surface area contributed by atoms with Gasteiger partial charge in [0.05, 0.1) is 11.3 Å². The first-order chi connectivity index (χ1) is 5.13. The standard InChI is InChI=1S/C7H6INO2/c1-4-6(7(10)11)5(8)2-3-9-4/h2-3H,1H3,(H,10,11). The van der Waals surface area contributed by atoms with Gasteiger partial charge < -0.3 is 5.11 Å². The lowest BCUT2D eigenvalue weighted by Crippen LogP contribution is -2.03. The van der Waals surface area contributed by atoms with Gasteiger partial charge in [0.2, 0.25) is 0 Å². The molecule has 0 unspecified atom stereocenters. The number of hydrogen-bond donors (Lipinski definition) is 1. The van der Waals surface area contributed by atoms with Crippen LogP contribution in [-0.2, 0) is 0 Å². The molecule has 0 aliphatic rings. The summed E-state index contributed by atoms with van der Waals surface area (Å²) in [6.45, 7) is 1.69. The monoisotopic (exact) mass is 263 g/mol. The van der Waals surface area contributed by atoms with E-state index >= 15 is 0 Å². The van der Waals surface area contributed by atoms with Crippen LogP contribution < -0.4 is 0 Å². The number of nitrogens with zero attached hydrogens (tertiary/aromatic N) is 1. The Kier molecular flexibility index (Phi) is 2.43. The minimum Gasteiger partial charge on any atom is -0.478 e. The maximum atomic E-state index is 10.6. The van der Waals surface area contributed by atoms with Gasteiger partial charge in [0.1, 0.15) is 0 Å². The second kappa shape index (κ2) is 3.17. The van der Waals surface area contributed by atoms with Crippen LogP contribution in [-0.4, -0.2) is 16.1 Å². The van der Waals surface area contributed by atoms with Crippen molar-refractivity contribution in [3.8, 4) is 0 Å². The molecule has 1 rings (SSSR count). The molecule has 0 aliphatic heterocycles. The summed E-state index contributed by atoms with van der Waals surface area (Å²) in [6.07, 6.45) is 1.60. The topological polar surface area (TPSA) is 50.2 Å². The van der Waals surface area contributed by atoms with E-state index in [2.05, 4.69) is 4.98 Å². The van der Waals surface area contributed by atoms with Crippen LogP contribution in [0.15, 0.2) is 12.3 Å². The van der Waals surface area contributed by atoms with Gasteiger partial charge in [0, 0.05) is 9.77 Å². The van der Waals surface area contributed by atoms with E-state index < -0.39 is 5.97 Å². The lowest BCUT2D eigenvalue weighted by Gasteiger charge is -2.00. The van der Waals surface area contributed by atoms with Gasteiger partial charge in [-0.05, 0) is 35.6 Å². The van der Waals surface area contributed by atoms with E-state index in [1.54, 1.807) is 19.2 Å². The van der Waals surface area contributed by atoms with Crippen LogP contribution in [0, 0.1) is 10.5 Å². The molecule has 1 aromatic rings. The van der Waals surface area contributed by atoms with E-state index in [9.17, 15) is 4.79 Å². The van der Waals surface area contributed by atoms with E-state index in [0.29, 0.717) is 11.3 Å². The van der Waals surface area contributed by atoms with Crippen molar-refractivity contribution in [3.63, 3.8) is 0 Å². The zero-order valence-corrected chi connectivity index (χ0v) is 7.99. The summed E-state index contributed by atoms with van der Waals surface area (Å²) in [6, 6.07) is 1.68. The number of carboxylic acid groups (broad SMARTS) is 1. The molecule has 1 N–H and O–H groups in total. The average molecular weight is 263 g/mol. The average Bonchev–Trinajstić information content (AvgIpc) is 1.85. The number of pyridine rings is 1. The molecule has 0 atom stereocenters. The van der Waals surface area contributed by atoms with Crippen LogP contribution >= 0.6 is 22.6 Å². The first-order valence-corrected chi connectivity index (χ1v) is 4.05. The molecule has 1 aromatic heterocycles. The van der Waals surface area contributed by atoms with Gasteiger partial charge in [-0.1, -0.05) is 0 Å². The quantitative estimate of drug-likeness (QED) is 0.784. The first kappa shape index (κ1) is 8.45. The highest BCUT2D eigenvalue weighted by Crippen LogP contribution is 2.13. The third kappa shape index (κ3) is 1.68. The van der Waals surface area contributed by atoms with E-state index in [1.807, 2.05) is 22.6 Å². The minimum atomic E-state index is -0.917. The minimum absolute atomic E-state index is 0.299. The first-order valence-electron chi connectivity index (χ1n) is 2.97. The SMILES string of the molecule is Cc1nccc(I)c1C(=O)O. The zero-order valence-electron chi connectivity index (χ0n) is 5.84. The van der Waals surface area contributed by atoms with Crippen LogP contribution in [0.1, 0.15) is 16.1 Å². The summed E-state index contributed by atoms with van der Waals surface area (Å²) in [5.41, 5.74) is 0.859. The van der Waals surface area contributed by atoms with Crippen LogP contribution in [0.2, 0.25) is 0 Å². The Labute approximate surface area is 77.6 Å². The molecule has 0 aliphatic carbocycles. The van der Waals surface area contributed by atoms with Gasteiger partial charge in [-0.2, -0.15) is 0 Å². The fourth-order valence-electron chi connectivity index (χ4n) is 0.792. The maximum absolute atomic E-state index is 10.6. The van der Waals surface area contributed by atoms with E-state index in [4.69, 9.17) is 5.11 Å². The molecule has 4 heteroatoms. The van der Waals surface area contributed by atoms with Crippen LogP contribution in [0.3, 0.4) is 0 Å². The Morgan fingerprint density at radius 2 is 2.36 bits per heavy atom.